The number of aromatic hydroxyl groups is 1. The fourth-order valence-electron chi connectivity index (χ4n) is 2.40. The summed E-state index contributed by atoms with van der Waals surface area (Å²) >= 11 is 6.75. The highest BCUT2D eigenvalue weighted by Crippen LogP contribution is 2.34. The van der Waals surface area contributed by atoms with Gasteiger partial charge in [0, 0.05) is 13.1 Å². The highest BCUT2D eigenvalue weighted by Gasteiger charge is 2.17. The summed E-state index contributed by atoms with van der Waals surface area (Å²) in [6.45, 7) is 5.63. The second-order valence-corrected chi connectivity index (χ2v) is 6.60. The first-order valence-electron chi connectivity index (χ1n) is 5.95. The van der Waals surface area contributed by atoms with Crippen molar-refractivity contribution in [2.45, 2.75) is 26.3 Å². The summed E-state index contributed by atoms with van der Waals surface area (Å²) in [4.78, 5) is 2.49. The van der Waals surface area contributed by atoms with E-state index in [0.717, 1.165) is 21.4 Å². The van der Waals surface area contributed by atoms with Crippen molar-refractivity contribution in [1.82, 2.24) is 4.90 Å². The number of phenols is 1. The average Bonchev–Trinajstić information content (AvgIpc) is 2.26. The van der Waals surface area contributed by atoms with Gasteiger partial charge >= 0.3 is 0 Å². The molecule has 1 fully saturated rings. The first kappa shape index (κ1) is 13.4. The Morgan fingerprint density at radius 2 is 2.00 bits per heavy atom. The van der Waals surface area contributed by atoms with E-state index in [9.17, 15) is 5.11 Å². The van der Waals surface area contributed by atoms with Crippen LogP contribution in [-0.2, 0) is 6.54 Å². The Bertz CT molecular complexity index is 385. The highest BCUT2D eigenvalue weighted by atomic mass is 79.9. The van der Waals surface area contributed by atoms with E-state index in [1.807, 2.05) is 12.1 Å². The van der Waals surface area contributed by atoms with Crippen LogP contribution in [0.1, 0.15) is 25.3 Å². The van der Waals surface area contributed by atoms with Gasteiger partial charge in [0.1, 0.15) is 5.75 Å². The summed E-state index contributed by atoms with van der Waals surface area (Å²) in [7, 11) is 0. The van der Waals surface area contributed by atoms with Crippen molar-refractivity contribution < 1.29 is 5.11 Å². The zero-order chi connectivity index (χ0) is 12.4. The van der Waals surface area contributed by atoms with Gasteiger partial charge in [-0.2, -0.15) is 0 Å². The first-order chi connectivity index (χ1) is 8.06. The van der Waals surface area contributed by atoms with Gasteiger partial charge in [-0.15, -0.1) is 0 Å². The van der Waals surface area contributed by atoms with Crippen molar-refractivity contribution in [3.05, 3.63) is 26.6 Å². The molecule has 1 saturated heterocycles. The van der Waals surface area contributed by atoms with E-state index in [4.69, 9.17) is 0 Å². The number of benzene rings is 1. The maximum absolute atomic E-state index is 9.67. The standard InChI is InChI=1S/C13H17Br2NO/c1-9-3-2-4-16(7-9)8-10-5-11(14)13(17)12(15)6-10/h5-6,9,17H,2-4,7-8H2,1H3. The Morgan fingerprint density at radius 3 is 2.59 bits per heavy atom. The minimum absolute atomic E-state index is 0.278. The lowest BCUT2D eigenvalue weighted by Crippen LogP contribution is -2.33. The molecule has 0 bridgehead atoms. The molecule has 0 amide bonds. The van der Waals surface area contributed by atoms with E-state index in [2.05, 4.69) is 43.7 Å². The van der Waals surface area contributed by atoms with Crippen LogP contribution >= 0.6 is 31.9 Å². The minimum Gasteiger partial charge on any atom is -0.506 e. The van der Waals surface area contributed by atoms with Crippen LogP contribution in [0, 0.1) is 5.92 Å². The molecule has 0 aromatic heterocycles. The van der Waals surface area contributed by atoms with E-state index < -0.39 is 0 Å². The van der Waals surface area contributed by atoms with Gasteiger partial charge < -0.3 is 5.11 Å². The van der Waals surface area contributed by atoms with Crippen molar-refractivity contribution in [3.8, 4) is 5.75 Å². The topological polar surface area (TPSA) is 23.5 Å². The van der Waals surface area contributed by atoms with Crippen LogP contribution in [0.4, 0.5) is 0 Å². The fraction of sp³-hybridized carbons (Fsp3) is 0.538. The fourth-order valence-corrected chi connectivity index (χ4v) is 3.68. The molecule has 0 saturated carbocycles. The van der Waals surface area contributed by atoms with Gasteiger partial charge in [0.2, 0.25) is 0 Å². The zero-order valence-electron chi connectivity index (χ0n) is 9.92. The van der Waals surface area contributed by atoms with Crippen LogP contribution in [0.3, 0.4) is 0 Å². The van der Waals surface area contributed by atoms with Crippen molar-refractivity contribution in [2.75, 3.05) is 13.1 Å². The minimum atomic E-state index is 0.278. The van der Waals surface area contributed by atoms with Gasteiger partial charge in [0.15, 0.2) is 0 Å². The maximum atomic E-state index is 9.67. The van der Waals surface area contributed by atoms with Gasteiger partial charge in [-0.1, -0.05) is 6.92 Å². The molecule has 2 rings (SSSR count). The molecule has 1 atom stereocenters. The highest BCUT2D eigenvalue weighted by molar-refractivity contribution is 9.11. The van der Waals surface area contributed by atoms with E-state index >= 15 is 0 Å². The van der Waals surface area contributed by atoms with Crippen molar-refractivity contribution >= 4 is 31.9 Å². The molecule has 1 N–H and O–H groups in total. The van der Waals surface area contributed by atoms with Gasteiger partial charge in [-0.3, -0.25) is 4.90 Å². The molecule has 1 heterocycles. The molecular formula is C13H17Br2NO. The average molecular weight is 363 g/mol. The molecule has 0 spiro atoms. The van der Waals surface area contributed by atoms with E-state index in [-0.39, 0.29) is 5.75 Å². The number of likely N-dealkylation sites (tertiary alicyclic amines) is 1. The van der Waals surface area contributed by atoms with Crippen LogP contribution in [0.2, 0.25) is 0 Å². The Hall–Kier alpha value is -0.0600. The molecule has 1 aromatic rings. The number of hydrogen-bond acceptors (Lipinski definition) is 2. The summed E-state index contributed by atoms with van der Waals surface area (Å²) in [5.41, 5.74) is 1.23. The summed E-state index contributed by atoms with van der Waals surface area (Å²) in [6.07, 6.45) is 2.64. The molecule has 17 heavy (non-hydrogen) atoms. The molecular weight excluding hydrogens is 346 g/mol. The molecule has 0 aliphatic carbocycles. The predicted molar refractivity (Wildman–Crippen MR) is 77.2 cm³/mol. The number of halogens is 2. The maximum Gasteiger partial charge on any atom is 0.143 e. The molecule has 4 heteroatoms. The molecule has 0 radical (unpaired) electrons. The van der Waals surface area contributed by atoms with E-state index in [1.165, 1.54) is 31.5 Å². The Kier molecular flexibility index (Phi) is 4.50. The lowest BCUT2D eigenvalue weighted by Gasteiger charge is -2.30. The Balaban J connectivity index is 2.08. The zero-order valence-corrected chi connectivity index (χ0v) is 13.1. The van der Waals surface area contributed by atoms with Gasteiger partial charge in [0.25, 0.3) is 0 Å². The van der Waals surface area contributed by atoms with Crippen molar-refractivity contribution in [3.63, 3.8) is 0 Å². The second kappa shape index (κ2) is 5.72. The van der Waals surface area contributed by atoms with Gasteiger partial charge in [-0.25, -0.2) is 0 Å². The third-order valence-electron chi connectivity index (χ3n) is 3.22. The molecule has 94 valence electrons. The largest absolute Gasteiger partial charge is 0.506 e. The quantitative estimate of drug-likeness (QED) is 0.854. The van der Waals surface area contributed by atoms with E-state index in [1.54, 1.807) is 0 Å². The lowest BCUT2D eigenvalue weighted by molar-refractivity contribution is 0.176. The molecule has 1 aromatic carbocycles. The van der Waals surface area contributed by atoms with Crippen molar-refractivity contribution in [2.24, 2.45) is 5.92 Å². The number of piperidine rings is 1. The molecule has 1 aliphatic rings. The summed E-state index contributed by atoms with van der Waals surface area (Å²) < 4.78 is 1.51. The number of hydrogen-bond donors (Lipinski definition) is 1. The summed E-state index contributed by atoms with van der Waals surface area (Å²) in [5.74, 6) is 1.08. The van der Waals surface area contributed by atoms with Crippen molar-refractivity contribution in [1.29, 1.82) is 0 Å². The third kappa shape index (κ3) is 3.46. The third-order valence-corrected chi connectivity index (χ3v) is 4.43. The van der Waals surface area contributed by atoms with Crippen LogP contribution < -0.4 is 0 Å². The number of nitrogens with zero attached hydrogens (tertiary/aromatic N) is 1. The molecule has 1 aliphatic heterocycles. The summed E-state index contributed by atoms with van der Waals surface area (Å²) in [6, 6.07) is 4.00. The second-order valence-electron chi connectivity index (χ2n) is 4.89. The first-order valence-corrected chi connectivity index (χ1v) is 7.54. The Labute approximate surface area is 119 Å². The van der Waals surface area contributed by atoms with Crippen LogP contribution in [-0.4, -0.2) is 23.1 Å². The Morgan fingerprint density at radius 1 is 1.35 bits per heavy atom. The van der Waals surface area contributed by atoms with E-state index in [0.29, 0.717) is 0 Å². The van der Waals surface area contributed by atoms with Crippen LogP contribution in [0.5, 0.6) is 5.75 Å². The number of rotatable bonds is 2. The summed E-state index contributed by atoms with van der Waals surface area (Å²) in [5, 5.41) is 9.67. The van der Waals surface area contributed by atoms with Gasteiger partial charge in [0.05, 0.1) is 8.95 Å². The SMILES string of the molecule is CC1CCCN(Cc2cc(Br)c(O)c(Br)c2)C1. The van der Waals surface area contributed by atoms with Gasteiger partial charge in [-0.05, 0) is 74.9 Å². The number of phenolic OH excluding ortho intramolecular Hbond substituents is 1. The smallest absolute Gasteiger partial charge is 0.143 e. The molecule has 2 nitrogen and oxygen atoms in total. The van der Waals surface area contributed by atoms with Crippen LogP contribution in [0.15, 0.2) is 21.1 Å². The lowest BCUT2D eigenvalue weighted by atomic mass is 10.00. The predicted octanol–water partition coefficient (Wildman–Crippen LogP) is 4.15. The normalized spacial score (nSPS) is 21.7. The monoisotopic (exact) mass is 361 g/mol. The van der Waals surface area contributed by atoms with Crippen LogP contribution in [0.25, 0.3) is 0 Å². The molecule has 1 unspecified atom stereocenters.